The first kappa shape index (κ1) is 15.6. The van der Waals surface area contributed by atoms with Crippen molar-refractivity contribution in [2.45, 2.75) is 25.2 Å². The fraction of sp³-hybridized carbons (Fsp3) is 0.333. The molecule has 1 saturated heterocycles. The predicted octanol–water partition coefficient (Wildman–Crippen LogP) is 2.12. The Morgan fingerprint density at radius 1 is 1.22 bits per heavy atom. The van der Waals surface area contributed by atoms with Crippen LogP contribution in [0.15, 0.2) is 54.9 Å². The Morgan fingerprint density at radius 3 is 2.70 bits per heavy atom. The Hall–Kier alpha value is -2.24. The van der Waals surface area contributed by atoms with Crippen molar-refractivity contribution in [3.05, 3.63) is 66.0 Å². The second kappa shape index (κ2) is 7.35. The highest BCUT2D eigenvalue weighted by Gasteiger charge is 2.31. The topological polar surface area (TPSA) is 54.5 Å². The van der Waals surface area contributed by atoms with Crippen molar-refractivity contribution in [2.75, 3.05) is 13.7 Å². The summed E-state index contributed by atoms with van der Waals surface area (Å²) in [5.74, 6) is 0.0790. The van der Waals surface area contributed by atoms with E-state index in [0.717, 1.165) is 12.0 Å². The fourth-order valence-corrected chi connectivity index (χ4v) is 2.70. The predicted molar refractivity (Wildman–Crippen MR) is 87.4 cm³/mol. The average Bonchev–Trinajstić information content (AvgIpc) is 2.60. The standard InChI is InChI=1S/C18H21N3O2/c1-21-17(22)13-16(15-7-10-19-11-8-15)20-18(21)23-12-9-14-5-3-2-4-6-14/h2-8,10-11,16,18,20H,9,12-13H2,1H3. The summed E-state index contributed by atoms with van der Waals surface area (Å²) < 4.78 is 5.90. The summed E-state index contributed by atoms with van der Waals surface area (Å²) in [7, 11) is 1.77. The maximum Gasteiger partial charge on any atom is 0.227 e. The van der Waals surface area contributed by atoms with Crippen molar-refractivity contribution < 1.29 is 9.53 Å². The molecule has 1 aliphatic rings. The van der Waals surface area contributed by atoms with E-state index in [1.807, 2.05) is 30.3 Å². The smallest absolute Gasteiger partial charge is 0.227 e. The first-order valence-corrected chi connectivity index (χ1v) is 7.81. The van der Waals surface area contributed by atoms with E-state index in [4.69, 9.17) is 4.74 Å². The van der Waals surface area contributed by atoms with Gasteiger partial charge in [-0.1, -0.05) is 30.3 Å². The third-order valence-corrected chi connectivity index (χ3v) is 4.09. The number of hydrogen-bond acceptors (Lipinski definition) is 4. The molecule has 2 aromatic rings. The largest absolute Gasteiger partial charge is 0.345 e. The first-order chi connectivity index (χ1) is 11.2. The van der Waals surface area contributed by atoms with Crippen LogP contribution in [0, 0.1) is 0 Å². The average molecular weight is 311 g/mol. The van der Waals surface area contributed by atoms with Crippen molar-refractivity contribution in [1.82, 2.24) is 15.2 Å². The van der Waals surface area contributed by atoms with Crippen LogP contribution in [0.5, 0.6) is 0 Å². The lowest BCUT2D eigenvalue weighted by Gasteiger charge is -2.37. The van der Waals surface area contributed by atoms with Gasteiger partial charge in [-0.25, -0.2) is 0 Å². The number of nitrogens with one attached hydrogen (secondary N) is 1. The molecule has 1 aromatic carbocycles. The lowest BCUT2D eigenvalue weighted by Crippen LogP contribution is -2.55. The summed E-state index contributed by atoms with van der Waals surface area (Å²) in [6.45, 7) is 0.558. The van der Waals surface area contributed by atoms with Gasteiger partial charge in [-0.05, 0) is 29.7 Å². The lowest BCUT2D eigenvalue weighted by atomic mass is 10.0. The molecule has 2 atom stereocenters. The second-order valence-electron chi connectivity index (χ2n) is 5.67. The minimum atomic E-state index is -0.405. The summed E-state index contributed by atoms with van der Waals surface area (Å²) in [5, 5.41) is 3.39. The van der Waals surface area contributed by atoms with Gasteiger partial charge in [0, 0.05) is 31.9 Å². The Bertz CT molecular complexity index is 633. The van der Waals surface area contributed by atoms with Gasteiger partial charge in [0.05, 0.1) is 6.61 Å². The Kier molecular flexibility index (Phi) is 5.00. The Morgan fingerprint density at radius 2 is 1.96 bits per heavy atom. The van der Waals surface area contributed by atoms with Crippen LogP contribution in [0.2, 0.25) is 0 Å². The SMILES string of the molecule is CN1C(=O)CC(c2ccncc2)NC1OCCc1ccccc1. The van der Waals surface area contributed by atoms with Crippen LogP contribution in [0.3, 0.4) is 0 Å². The molecule has 1 amide bonds. The molecule has 5 nitrogen and oxygen atoms in total. The van der Waals surface area contributed by atoms with Gasteiger partial charge in [0.2, 0.25) is 5.91 Å². The van der Waals surface area contributed by atoms with Crippen molar-refractivity contribution in [3.63, 3.8) is 0 Å². The van der Waals surface area contributed by atoms with Crippen LogP contribution < -0.4 is 5.32 Å². The molecule has 120 valence electrons. The number of hydrogen-bond donors (Lipinski definition) is 1. The zero-order valence-corrected chi connectivity index (χ0v) is 13.2. The van der Waals surface area contributed by atoms with Crippen molar-refractivity contribution >= 4 is 5.91 Å². The summed E-state index contributed by atoms with van der Waals surface area (Å²) in [6, 6.07) is 14.0. The van der Waals surface area contributed by atoms with Gasteiger partial charge in [0.1, 0.15) is 0 Å². The van der Waals surface area contributed by atoms with E-state index in [0.29, 0.717) is 13.0 Å². The van der Waals surface area contributed by atoms with Crippen molar-refractivity contribution in [1.29, 1.82) is 0 Å². The van der Waals surface area contributed by atoms with Gasteiger partial charge in [0.15, 0.2) is 6.35 Å². The molecule has 1 fully saturated rings. The van der Waals surface area contributed by atoms with E-state index in [-0.39, 0.29) is 11.9 Å². The molecule has 0 spiro atoms. The molecule has 0 saturated carbocycles. The molecular formula is C18H21N3O2. The maximum atomic E-state index is 12.2. The molecule has 1 aromatic heterocycles. The van der Waals surface area contributed by atoms with Crippen LogP contribution in [-0.4, -0.2) is 35.8 Å². The third kappa shape index (κ3) is 3.94. The van der Waals surface area contributed by atoms with Crippen LogP contribution in [0.25, 0.3) is 0 Å². The van der Waals surface area contributed by atoms with Gasteiger partial charge in [-0.2, -0.15) is 0 Å². The van der Waals surface area contributed by atoms with Gasteiger partial charge < -0.3 is 9.64 Å². The van der Waals surface area contributed by atoms with E-state index in [2.05, 4.69) is 22.4 Å². The number of carbonyl (C=O) groups is 1. The van der Waals surface area contributed by atoms with E-state index >= 15 is 0 Å². The number of amides is 1. The number of ether oxygens (including phenoxy) is 1. The maximum absolute atomic E-state index is 12.2. The first-order valence-electron chi connectivity index (χ1n) is 7.81. The molecule has 2 heterocycles. The number of carbonyl (C=O) groups excluding carboxylic acids is 1. The molecule has 3 rings (SSSR count). The highest BCUT2D eigenvalue weighted by Crippen LogP contribution is 2.23. The Balaban J connectivity index is 1.60. The zero-order valence-electron chi connectivity index (χ0n) is 13.2. The molecule has 1 aliphatic heterocycles. The van der Waals surface area contributed by atoms with Crippen LogP contribution >= 0.6 is 0 Å². The highest BCUT2D eigenvalue weighted by molar-refractivity contribution is 5.77. The molecule has 0 bridgehead atoms. The van der Waals surface area contributed by atoms with Gasteiger partial charge in [-0.3, -0.25) is 15.1 Å². The van der Waals surface area contributed by atoms with E-state index in [1.54, 1.807) is 24.3 Å². The highest BCUT2D eigenvalue weighted by atomic mass is 16.5. The zero-order chi connectivity index (χ0) is 16.1. The normalized spacial score (nSPS) is 21.4. The summed E-state index contributed by atoms with van der Waals surface area (Å²) in [5.41, 5.74) is 2.28. The molecule has 0 aliphatic carbocycles. The van der Waals surface area contributed by atoms with Gasteiger partial charge in [0.25, 0.3) is 0 Å². The minimum Gasteiger partial charge on any atom is -0.345 e. The van der Waals surface area contributed by atoms with Crippen LogP contribution in [-0.2, 0) is 16.0 Å². The minimum absolute atomic E-state index is 0.0385. The van der Waals surface area contributed by atoms with Crippen molar-refractivity contribution in [2.24, 2.45) is 0 Å². The number of aromatic nitrogens is 1. The van der Waals surface area contributed by atoms with E-state index in [1.165, 1.54) is 5.56 Å². The van der Waals surface area contributed by atoms with Gasteiger partial charge in [-0.15, -0.1) is 0 Å². The molecular weight excluding hydrogens is 290 g/mol. The fourth-order valence-electron chi connectivity index (χ4n) is 2.70. The number of pyridine rings is 1. The lowest BCUT2D eigenvalue weighted by molar-refractivity contribution is -0.156. The number of rotatable bonds is 5. The van der Waals surface area contributed by atoms with E-state index in [9.17, 15) is 4.79 Å². The quantitative estimate of drug-likeness (QED) is 0.919. The summed E-state index contributed by atoms with van der Waals surface area (Å²) in [4.78, 5) is 17.9. The summed E-state index contributed by atoms with van der Waals surface area (Å²) in [6.07, 6.45) is 4.33. The number of benzene rings is 1. The van der Waals surface area contributed by atoms with Crippen LogP contribution in [0.4, 0.5) is 0 Å². The summed E-state index contributed by atoms with van der Waals surface area (Å²) >= 11 is 0. The van der Waals surface area contributed by atoms with Crippen molar-refractivity contribution in [3.8, 4) is 0 Å². The molecule has 2 unspecified atom stereocenters. The molecule has 1 N–H and O–H groups in total. The second-order valence-corrected chi connectivity index (χ2v) is 5.67. The monoisotopic (exact) mass is 311 g/mol. The molecule has 5 heteroatoms. The molecule has 23 heavy (non-hydrogen) atoms. The Labute approximate surface area is 136 Å². The van der Waals surface area contributed by atoms with Gasteiger partial charge >= 0.3 is 0 Å². The van der Waals surface area contributed by atoms with Crippen LogP contribution in [0.1, 0.15) is 23.6 Å². The number of nitrogens with zero attached hydrogens (tertiary/aromatic N) is 2. The molecule has 0 radical (unpaired) electrons. The van der Waals surface area contributed by atoms with E-state index < -0.39 is 6.35 Å². The third-order valence-electron chi connectivity index (χ3n) is 4.09.